The lowest BCUT2D eigenvalue weighted by Crippen LogP contribution is -2.02. The number of rotatable bonds is 6. The Bertz CT molecular complexity index is 543. The molecule has 0 aliphatic heterocycles. The van der Waals surface area contributed by atoms with Gasteiger partial charge in [0, 0.05) is 11.3 Å². The summed E-state index contributed by atoms with van der Waals surface area (Å²) in [7, 11) is 0. The molecule has 2 heteroatoms. The van der Waals surface area contributed by atoms with Gasteiger partial charge in [0.2, 0.25) is 0 Å². The lowest BCUT2D eigenvalue weighted by Gasteiger charge is -2.13. The van der Waals surface area contributed by atoms with Crippen LogP contribution in [0.15, 0.2) is 53.4 Å². The zero-order valence-electron chi connectivity index (χ0n) is 13.0. The average molecular weight is 300 g/mol. The van der Waals surface area contributed by atoms with Crippen LogP contribution in [0.4, 0.5) is 0 Å². The van der Waals surface area contributed by atoms with Gasteiger partial charge in [-0.2, -0.15) is 0 Å². The van der Waals surface area contributed by atoms with Crippen molar-refractivity contribution in [2.45, 2.75) is 44.1 Å². The molecule has 0 spiro atoms. The van der Waals surface area contributed by atoms with Crippen LogP contribution in [0, 0.1) is 0 Å². The molecule has 0 aliphatic rings. The van der Waals surface area contributed by atoms with Crippen molar-refractivity contribution in [1.29, 1.82) is 0 Å². The smallest absolute Gasteiger partial charge is 0.0830 e. The van der Waals surface area contributed by atoms with Gasteiger partial charge in [-0.1, -0.05) is 57.2 Å². The van der Waals surface area contributed by atoms with Crippen LogP contribution in [0.5, 0.6) is 0 Å². The SMILES string of the molecule is CCSc1ccc(C(O)Cc2ccc(C(C)C)cc2)cc1. The maximum absolute atomic E-state index is 10.4. The Morgan fingerprint density at radius 1 is 0.905 bits per heavy atom. The third-order valence-electron chi connectivity index (χ3n) is 3.65. The van der Waals surface area contributed by atoms with Gasteiger partial charge in [0.05, 0.1) is 6.10 Å². The van der Waals surface area contributed by atoms with E-state index in [9.17, 15) is 5.11 Å². The van der Waals surface area contributed by atoms with Gasteiger partial charge in [0.1, 0.15) is 0 Å². The van der Waals surface area contributed by atoms with E-state index < -0.39 is 6.10 Å². The topological polar surface area (TPSA) is 20.2 Å². The fourth-order valence-corrected chi connectivity index (χ4v) is 2.99. The molecule has 1 nitrogen and oxygen atoms in total. The van der Waals surface area contributed by atoms with Gasteiger partial charge >= 0.3 is 0 Å². The van der Waals surface area contributed by atoms with Crippen LogP contribution in [0.1, 0.15) is 49.5 Å². The highest BCUT2D eigenvalue weighted by Crippen LogP contribution is 2.23. The number of hydrogen-bond donors (Lipinski definition) is 1. The fourth-order valence-electron chi connectivity index (χ4n) is 2.33. The lowest BCUT2D eigenvalue weighted by atomic mass is 9.97. The number of hydrogen-bond acceptors (Lipinski definition) is 2. The first-order valence-corrected chi connectivity index (χ1v) is 8.58. The molecule has 1 atom stereocenters. The van der Waals surface area contributed by atoms with E-state index in [1.165, 1.54) is 16.0 Å². The van der Waals surface area contributed by atoms with Crippen LogP contribution in [0.2, 0.25) is 0 Å². The van der Waals surface area contributed by atoms with Crippen molar-refractivity contribution in [3.8, 4) is 0 Å². The van der Waals surface area contributed by atoms with Crippen molar-refractivity contribution in [1.82, 2.24) is 0 Å². The molecule has 2 aromatic carbocycles. The second kappa shape index (κ2) is 7.67. The van der Waals surface area contributed by atoms with Gasteiger partial charge in [-0.15, -0.1) is 11.8 Å². The monoisotopic (exact) mass is 300 g/mol. The van der Waals surface area contributed by atoms with Gasteiger partial charge in [0.25, 0.3) is 0 Å². The minimum absolute atomic E-state index is 0.435. The Balaban J connectivity index is 2.01. The molecule has 0 saturated heterocycles. The summed E-state index contributed by atoms with van der Waals surface area (Å²) in [5, 5.41) is 10.4. The molecule has 0 bridgehead atoms. The van der Waals surface area contributed by atoms with E-state index in [2.05, 4.69) is 57.2 Å². The summed E-state index contributed by atoms with van der Waals surface area (Å²) < 4.78 is 0. The van der Waals surface area contributed by atoms with E-state index in [0.29, 0.717) is 12.3 Å². The number of aliphatic hydroxyl groups excluding tert-OH is 1. The Labute approximate surface area is 132 Å². The molecule has 0 amide bonds. The van der Waals surface area contributed by atoms with E-state index in [-0.39, 0.29) is 0 Å². The molecular weight excluding hydrogens is 276 g/mol. The van der Waals surface area contributed by atoms with Crippen molar-refractivity contribution in [3.05, 3.63) is 65.2 Å². The highest BCUT2D eigenvalue weighted by atomic mass is 32.2. The predicted octanol–water partition coefficient (Wildman–Crippen LogP) is 5.20. The van der Waals surface area contributed by atoms with E-state index in [0.717, 1.165) is 11.3 Å². The Hall–Kier alpha value is -1.25. The van der Waals surface area contributed by atoms with Crippen LogP contribution >= 0.6 is 11.8 Å². The third-order valence-corrected chi connectivity index (χ3v) is 4.55. The minimum atomic E-state index is -0.435. The Morgan fingerprint density at radius 2 is 1.48 bits per heavy atom. The number of benzene rings is 2. The third kappa shape index (κ3) is 4.62. The zero-order valence-corrected chi connectivity index (χ0v) is 13.9. The van der Waals surface area contributed by atoms with Gasteiger partial charge in [-0.25, -0.2) is 0 Å². The quantitative estimate of drug-likeness (QED) is 0.740. The van der Waals surface area contributed by atoms with Crippen LogP contribution < -0.4 is 0 Å². The summed E-state index contributed by atoms with van der Waals surface area (Å²) in [5.41, 5.74) is 3.51. The molecule has 21 heavy (non-hydrogen) atoms. The molecule has 1 N–H and O–H groups in total. The predicted molar refractivity (Wildman–Crippen MR) is 92.0 cm³/mol. The number of thioether (sulfide) groups is 1. The number of aliphatic hydroxyl groups is 1. The molecule has 2 aromatic rings. The summed E-state index contributed by atoms with van der Waals surface area (Å²) in [6, 6.07) is 16.8. The fraction of sp³-hybridized carbons (Fsp3) is 0.368. The first-order valence-electron chi connectivity index (χ1n) is 7.59. The highest BCUT2D eigenvalue weighted by molar-refractivity contribution is 7.99. The van der Waals surface area contributed by atoms with E-state index in [4.69, 9.17) is 0 Å². The van der Waals surface area contributed by atoms with E-state index in [1.807, 2.05) is 23.9 Å². The summed E-state index contributed by atoms with van der Waals surface area (Å²) in [6.07, 6.45) is 0.231. The zero-order chi connectivity index (χ0) is 15.2. The Morgan fingerprint density at radius 3 is 2.00 bits per heavy atom. The molecule has 112 valence electrons. The summed E-state index contributed by atoms with van der Waals surface area (Å²) in [4.78, 5) is 1.26. The van der Waals surface area contributed by atoms with Crippen molar-refractivity contribution in [2.75, 3.05) is 5.75 Å². The van der Waals surface area contributed by atoms with E-state index >= 15 is 0 Å². The largest absolute Gasteiger partial charge is 0.388 e. The first-order chi connectivity index (χ1) is 10.1. The lowest BCUT2D eigenvalue weighted by molar-refractivity contribution is 0.178. The standard InChI is InChI=1S/C19H24OS/c1-4-21-18-11-9-17(10-12-18)19(20)13-15-5-7-16(8-6-15)14(2)3/h5-12,14,19-20H,4,13H2,1-3H3. The van der Waals surface area contributed by atoms with Crippen LogP contribution in [-0.4, -0.2) is 10.9 Å². The van der Waals surface area contributed by atoms with Crippen molar-refractivity contribution in [2.24, 2.45) is 0 Å². The molecule has 0 fully saturated rings. The van der Waals surface area contributed by atoms with Crippen LogP contribution in [0.3, 0.4) is 0 Å². The summed E-state index contributed by atoms with van der Waals surface area (Å²) >= 11 is 1.82. The summed E-state index contributed by atoms with van der Waals surface area (Å²) in [5.74, 6) is 1.62. The molecule has 0 heterocycles. The van der Waals surface area contributed by atoms with E-state index in [1.54, 1.807) is 0 Å². The molecule has 0 radical (unpaired) electrons. The average Bonchev–Trinajstić information content (AvgIpc) is 2.49. The van der Waals surface area contributed by atoms with Crippen molar-refractivity contribution >= 4 is 11.8 Å². The second-order valence-corrected chi connectivity index (χ2v) is 6.96. The maximum Gasteiger partial charge on any atom is 0.0830 e. The van der Waals surface area contributed by atoms with Crippen molar-refractivity contribution < 1.29 is 5.11 Å². The summed E-state index contributed by atoms with van der Waals surface area (Å²) in [6.45, 7) is 6.54. The van der Waals surface area contributed by atoms with Crippen LogP contribution in [-0.2, 0) is 6.42 Å². The normalized spacial score (nSPS) is 12.6. The van der Waals surface area contributed by atoms with Gasteiger partial charge < -0.3 is 5.11 Å². The first kappa shape index (κ1) is 16.1. The van der Waals surface area contributed by atoms with Crippen LogP contribution in [0.25, 0.3) is 0 Å². The minimum Gasteiger partial charge on any atom is -0.388 e. The molecular formula is C19H24OS. The van der Waals surface area contributed by atoms with Gasteiger partial charge in [0.15, 0.2) is 0 Å². The molecule has 2 rings (SSSR count). The van der Waals surface area contributed by atoms with Crippen molar-refractivity contribution in [3.63, 3.8) is 0 Å². The molecule has 0 aromatic heterocycles. The highest BCUT2D eigenvalue weighted by Gasteiger charge is 2.09. The molecule has 1 unspecified atom stereocenters. The maximum atomic E-state index is 10.4. The Kier molecular flexibility index (Phi) is 5.89. The van der Waals surface area contributed by atoms with Gasteiger partial charge in [-0.05, 0) is 40.5 Å². The second-order valence-electron chi connectivity index (χ2n) is 5.62. The van der Waals surface area contributed by atoms with Gasteiger partial charge in [-0.3, -0.25) is 0 Å². The molecule has 0 saturated carbocycles. The molecule has 0 aliphatic carbocycles.